The summed E-state index contributed by atoms with van der Waals surface area (Å²) in [4.78, 5) is 29.2. The predicted octanol–water partition coefficient (Wildman–Crippen LogP) is 4.29. The molecule has 0 N–H and O–H groups in total. The third-order valence-corrected chi connectivity index (χ3v) is 6.67. The van der Waals surface area contributed by atoms with Gasteiger partial charge in [0, 0.05) is 6.54 Å². The fourth-order valence-corrected chi connectivity index (χ4v) is 4.97. The average molecular weight is 501 g/mol. The van der Waals surface area contributed by atoms with Crippen LogP contribution >= 0.6 is 0 Å². The Labute approximate surface area is 211 Å². The van der Waals surface area contributed by atoms with Crippen LogP contribution in [-0.2, 0) is 6.54 Å². The Hall–Kier alpha value is -4.66. The Morgan fingerprint density at radius 1 is 0.892 bits per heavy atom. The van der Waals surface area contributed by atoms with E-state index < -0.39 is 11.9 Å². The number of ether oxygens (including phenoxy) is 5. The molecule has 0 bridgehead atoms. The summed E-state index contributed by atoms with van der Waals surface area (Å²) < 4.78 is 33.6. The van der Waals surface area contributed by atoms with Crippen LogP contribution in [0, 0.1) is 0 Å². The number of fused-ring (bicyclic) bond motifs is 3. The number of nitrogens with zero attached hydrogens (tertiary/aromatic N) is 1. The van der Waals surface area contributed by atoms with Gasteiger partial charge in [-0.3, -0.25) is 9.59 Å². The van der Waals surface area contributed by atoms with Crippen molar-refractivity contribution in [2.75, 3.05) is 28.1 Å². The van der Waals surface area contributed by atoms with E-state index in [0.29, 0.717) is 45.3 Å². The summed E-state index contributed by atoms with van der Waals surface area (Å²) in [5.74, 6) is 2.09. The second kappa shape index (κ2) is 8.77. The Kier molecular flexibility index (Phi) is 5.40. The quantitative estimate of drug-likeness (QED) is 0.386. The Bertz CT molecular complexity index is 1580. The summed E-state index contributed by atoms with van der Waals surface area (Å²) >= 11 is 0. The summed E-state index contributed by atoms with van der Waals surface area (Å²) in [7, 11) is 4.54. The maximum atomic E-state index is 13.8. The largest absolute Gasteiger partial charge is 0.493 e. The molecular weight excluding hydrogens is 478 g/mol. The molecule has 1 amide bonds. The van der Waals surface area contributed by atoms with E-state index in [4.69, 9.17) is 28.1 Å². The zero-order valence-electron chi connectivity index (χ0n) is 20.4. The molecule has 2 aliphatic rings. The minimum Gasteiger partial charge on any atom is -0.493 e. The number of amides is 1. The maximum absolute atomic E-state index is 13.8. The van der Waals surface area contributed by atoms with Crippen molar-refractivity contribution in [3.63, 3.8) is 0 Å². The highest BCUT2D eigenvalue weighted by Crippen LogP contribution is 2.45. The summed E-state index contributed by atoms with van der Waals surface area (Å²) in [6.45, 7) is 0.336. The van der Waals surface area contributed by atoms with Gasteiger partial charge in [-0.25, -0.2) is 0 Å². The summed E-state index contributed by atoms with van der Waals surface area (Å²) in [6, 6.07) is 15.1. The highest BCUT2D eigenvalue weighted by molar-refractivity contribution is 5.99. The number of methoxy groups -OCH3 is 3. The molecule has 37 heavy (non-hydrogen) atoms. The van der Waals surface area contributed by atoms with E-state index in [1.54, 1.807) is 47.4 Å². The van der Waals surface area contributed by atoms with Crippen LogP contribution in [0.4, 0.5) is 0 Å². The molecule has 1 atom stereocenters. The lowest BCUT2D eigenvalue weighted by atomic mass is 9.97. The second-order valence-corrected chi connectivity index (χ2v) is 8.65. The SMILES string of the molecule is COc1cc([C@@H]2c3c(oc4ccccc4c3=O)C(=O)N2Cc2ccc3c(c2)OCO3)cc(OC)c1OC. The number of benzene rings is 3. The molecule has 2 aliphatic heterocycles. The van der Waals surface area contributed by atoms with Gasteiger partial charge in [-0.05, 0) is 47.5 Å². The number of carbonyl (C=O) groups is 1. The van der Waals surface area contributed by atoms with Crippen LogP contribution in [0.15, 0.2) is 63.8 Å². The summed E-state index contributed by atoms with van der Waals surface area (Å²) in [5, 5.41) is 0.399. The van der Waals surface area contributed by atoms with Gasteiger partial charge in [0.15, 0.2) is 28.4 Å². The van der Waals surface area contributed by atoms with Gasteiger partial charge in [0.2, 0.25) is 18.3 Å². The predicted molar refractivity (Wildman–Crippen MR) is 133 cm³/mol. The molecule has 3 aromatic carbocycles. The van der Waals surface area contributed by atoms with Crippen LogP contribution in [-0.4, -0.2) is 38.9 Å². The Morgan fingerprint density at radius 3 is 2.35 bits per heavy atom. The van der Waals surface area contributed by atoms with Crippen molar-refractivity contribution in [1.82, 2.24) is 4.90 Å². The molecule has 1 aromatic heterocycles. The fourth-order valence-electron chi connectivity index (χ4n) is 4.97. The molecular formula is C28H23NO8. The van der Waals surface area contributed by atoms with Gasteiger partial charge in [0.1, 0.15) is 5.58 Å². The van der Waals surface area contributed by atoms with Crippen molar-refractivity contribution < 1.29 is 32.9 Å². The first kappa shape index (κ1) is 22.8. The first-order valence-corrected chi connectivity index (χ1v) is 11.6. The standard InChI is InChI=1S/C28H23NO8/c1-32-21-11-16(12-22(33-2)26(21)34-3)24-23-25(30)17-6-4-5-7-18(17)37-27(23)28(31)29(24)13-15-8-9-19-20(10-15)36-14-35-19/h4-12,24H,13-14H2,1-3H3/t24-/m1/s1. The minimum atomic E-state index is -0.762. The average Bonchev–Trinajstić information content (AvgIpc) is 3.50. The van der Waals surface area contributed by atoms with E-state index in [9.17, 15) is 9.59 Å². The number of hydrogen-bond acceptors (Lipinski definition) is 8. The minimum absolute atomic E-state index is 0.0168. The number of para-hydroxylation sites is 1. The number of carbonyl (C=O) groups excluding carboxylic acids is 1. The van der Waals surface area contributed by atoms with Crippen LogP contribution < -0.4 is 29.1 Å². The highest BCUT2D eigenvalue weighted by atomic mass is 16.7. The molecule has 9 nitrogen and oxygen atoms in total. The van der Waals surface area contributed by atoms with Crippen molar-refractivity contribution in [2.24, 2.45) is 0 Å². The van der Waals surface area contributed by atoms with Gasteiger partial charge < -0.3 is 33.0 Å². The maximum Gasteiger partial charge on any atom is 0.291 e. The van der Waals surface area contributed by atoms with Gasteiger partial charge in [-0.2, -0.15) is 0 Å². The molecule has 9 heteroatoms. The van der Waals surface area contributed by atoms with Crippen LogP contribution in [0.2, 0.25) is 0 Å². The molecule has 3 heterocycles. The van der Waals surface area contributed by atoms with Crippen molar-refractivity contribution >= 4 is 16.9 Å². The van der Waals surface area contributed by atoms with Crippen molar-refractivity contribution in [3.05, 3.63) is 87.3 Å². The van der Waals surface area contributed by atoms with Crippen LogP contribution in [0.25, 0.3) is 11.0 Å². The molecule has 0 unspecified atom stereocenters. The van der Waals surface area contributed by atoms with Gasteiger partial charge >= 0.3 is 0 Å². The molecule has 0 spiro atoms. The molecule has 188 valence electrons. The first-order valence-electron chi connectivity index (χ1n) is 11.6. The molecule has 0 radical (unpaired) electrons. The Morgan fingerprint density at radius 2 is 1.62 bits per heavy atom. The van der Waals surface area contributed by atoms with Crippen LogP contribution in [0.5, 0.6) is 28.7 Å². The van der Waals surface area contributed by atoms with Crippen molar-refractivity contribution in [3.8, 4) is 28.7 Å². The highest BCUT2D eigenvalue weighted by Gasteiger charge is 2.43. The first-order chi connectivity index (χ1) is 18.0. The van der Waals surface area contributed by atoms with E-state index in [1.165, 1.54) is 21.3 Å². The van der Waals surface area contributed by atoms with Crippen molar-refractivity contribution in [2.45, 2.75) is 12.6 Å². The zero-order valence-corrected chi connectivity index (χ0v) is 20.4. The smallest absolute Gasteiger partial charge is 0.291 e. The molecule has 0 aliphatic carbocycles. The topological polar surface area (TPSA) is 96.7 Å². The third kappa shape index (κ3) is 3.54. The molecule has 0 saturated carbocycles. The van der Waals surface area contributed by atoms with E-state index >= 15 is 0 Å². The van der Waals surface area contributed by atoms with Crippen LogP contribution in [0.1, 0.15) is 33.3 Å². The lowest BCUT2D eigenvalue weighted by Gasteiger charge is -2.26. The van der Waals surface area contributed by atoms with Crippen LogP contribution in [0.3, 0.4) is 0 Å². The lowest BCUT2D eigenvalue weighted by Crippen LogP contribution is -2.29. The molecule has 6 rings (SSSR count). The normalized spacial score (nSPS) is 15.7. The second-order valence-electron chi connectivity index (χ2n) is 8.65. The molecule has 4 aromatic rings. The number of rotatable bonds is 6. The van der Waals surface area contributed by atoms with E-state index in [2.05, 4.69) is 0 Å². The summed E-state index contributed by atoms with van der Waals surface area (Å²) in [6.07, 6.45) is 0. The van der Waals surface area contributed by atoms with Gasteiger partial charge in [0.05, 0.1) is 38.3 Å². The fraction of sp³-hybridized carbons (Fsp3) is 0.214. The van der Waals surface area contributed by atoms with E-state index in [1.807, 2.05) is 12.1 Å². The van der Waals surface area contributed by atoms with E-state index in [-0.39, 0.29) is 30.1 Å². The zero-order chi connectivity index (χ0) is 25.7. The molecule has 0 fully saturated rings. The lowest BCUT2D eigenvalue weighted by molar-refractivity contribution is 0.0713. The van der Waals surface area contributed by atoms with Crippen molar-refractivity contribution in [1.29, 1.82) is 0 Å². The van der Waals surface area contributed by atoms with Gasteiger partial charge in [0.25, 0.3) is 5.91 Å². The summed E-state index contributed by atoms with van der Waals surface area (Å²) in [5.41, 5.74) is 1.77. The third-order valence-electron chi connectivity index (χ3n) is 6.67. The van der Waals surface area contributed by atoms with Gasteiger partial charge in [-0.15, -0.1) is 0 Å². The Balaban J connectivity index is 1.56. The monoisotopic (exact) mass is 501 g/mol. The van der Waals surface area contributed by atoms with Gasteiger partial charge in [-0.1, -0.05) is 18.2 Å². The van der Waals surface area contributed by atoms with E-state index in [0.717, 1.165) is 5.56 Å². The number of hydrogen-bond donors (Lipinski definition) is 0. The molecule has 0 saturated heterocycles.